The van der Waals surface area contributed by atoms with Crippen LogP contribution < -0.4 is 0 Å². The van der Waals surface area contributed by atoms with Gasteiger partial charge in [-0.05, 0) is 66.5 Å². The van der Waals surface area contributed by atoms with Crippen molar-refractivity contribution in [3.8, 4) is 11.1 Å². The van der Waals surface area contributed by atoms with Crippen molar-refractivity contribution in [3.05, 3.63) is 59.2 Å². The zero-order chi connectivity index (χ0) is 22.1. The first kappa shape index (κ1) is 23.5. The van der Waals surface area contributed by atoms with Gasteiger partial charge < -0.3 is 4.74 Å². The molecule has 0 heterocycles. The molecule has 1 aliphatic carbocycles. The van der Waals surface area contributed by atoms with Crippen LogP contribution in [-0.2, 0) is 16.1 Å². The first-order valence-corrected chi connectivity index (χ1v) is 11.8. The molecule has 0 saturated heterocycles. The maximum absolute atomic E-state index is 12.4. The second-order valence-corrected chi connectivity index (χ2v) is 8.70. The lowest BCUT2D eigenvalue weighted by molar-refractivity contribution is -0.179. The number of carbonyl (C=O) groups excluding carboxylic acids is 1. The van der Waals surface area contributed by atoms with E-state index >= 15 is 0 Å². The molecule has 1 saturated carbocycles. The van der Waals surface area contributed by atoms with Crippen LogP contribution in [0.2, 0.25) is 0 Å². The molecule has 168 valence electrons. The summed E-state index contributed by atoms with van der Waals surface area (Å²) in [6, 6.07) is 14.2. The molecular weight excluding hydrogens is 386 g/mol. The van der Waals surface area contributed by atoms with Crippen LogP contribution in [0.4, 0.5) is 0 Å². The predicted octanol–water partition coefficient (Wildman–Crippen LogP) is 6.56. The van der Waals surface area contributed by atoms with E-state index in [1.807, 2.05) is 24.3 Å². The molecule has 4 nitrogen and oxygen atoms in total. The predicted molar refractivity (Wildman–Crippen MR) is 126 cm³/mol. The van der Waals surface area contributed by atoms with Crippen molar-refractivity contribution in [2.75, 3.05) is 20.3 Å². The molecule has 0 spiro atoms. The molecule has 0 unspecified atom stereocenters. The summed E-state index contributed by atoms with van der Waals surface area (Å²) >= 11 is 0. The molecule has 0 atom stereocenters. The zero-order valence-corrected chi connectivity index (χ0v) is 19.4. The third-order valence-electron chi connectivity index (χ3n) is 6.26. The fraction of sp³-hybridized carbons (Fsp3) is 0.519. The quantitative estimate of drug-likeness (QED) is 0.320. The van der Waals surface area contributed by atoms with Gasteiger partial charge in [-0.3, -0.25) is 4.84 Å². The summed E-state index contributed by atoms with van der Waals surface area (Å²) in [4.78, 5) is 18.7. The largest absolute Gasteiger partial charge is 0.465 e. The van der Waals surface area contributed by atoms with E-state index in [4.69, 9.17) is 9.57 Å². The number of esters is 1. The molecule has 31 heavy (non-hydrogen) atoms. The number of hydroxylamine groups is 2. The lowest BCUT2D eigenvalue weighted by atomic mass is 9.90. The van der Waals surface area contributed by atoms with Gasteiger partial charge in [0, 0.05) is 13.1 Å². The molecule has 0 aliphatic heterocycles. The van der Waals surface area contributed by atoms with Crippen molar-refractivity contribution in [2.24, 2.45) is 5.92 Å². The average molecular weight is 424 g/mol. The van der Waals surface area contributed by atoms with E-state index < -0.39 is 0 Å². The Morgan fingerprint density at radius 1 is 1.06 bits per heavy atom. The van der Waals surface area contributed by atoms with Crippen LogP contribution >= 0.6 is 0 Å². The fourth-order valence-corrected chi connectivity index (χ4v) is 4.37. The Hall–Kier alpha value is -2.17. The normalized spacial score (nSPS) is 14.7. The third-order valence-corrected chi connectivity index (χ3v) is 6.26. The van der Waals surface area contributed by atoms with E-state index in [2.05, 4.69) is 37.1 Å². The molecule has 4 heteroatoms. The number of methoxy groups -OCH3 is 1. The molecule has 2 aromatic rings. The zero-order valence-electron chi connectivity index (χ0n) is 19.4. The van der Waals surface area contributed by atoms with E-state index in [-0.39, 0.29) is 5.97 Å². The van der Waals surface area contributed by atoms with Gasteiger partial charge in [0.25, 0.3) is 0 Å². The summed E-state index contributed by atoms with van der Waals surface area (Å²) < 4.78 is 5.04. The van der Waals surface area contributed by atoms with Gasteiger partial charge in [-0.2, -0.15) is 5.06 Å². The minimum absolute atomic E-state index is 0.304. The number of nitrogens with zero attached hydrogens (tertiary/aromatic N) is 1. The van der Waals surface area contributed by atoms with E-state index in [0.717, 1.165) is 48.2 Å². The highest BCUT2D eigenvalue weighted by atomic mass is 16.7. The Kier molecular flexibility index (Phi) is 9.11. The average Bonchev–Trinajstić information content (AvgIpc) is 2.81. The summed E-state index contributed by atoms with van der Waals surface area (Å²) in [5.74, 6) is 0.378. The van der Waals surface area contributed by atoms with Gasteiger partial charge in [0.1, 0.15) is 0 Å². The minimum Gasteiger partial charge on any atom is -0.465 e. The summed E-state index contributed by atoms with van der Waals surface area (Å²) in [6.07, 6.45) is 8.84. The van der Waals surface area contributed by atoms with E-state index in [0.29, 0.717) is 18.0 Å². The maximum atomic E-state index is 12.4. The molecule has 0 amide bonds. The lowest BCUT2D eigenvalue weighted by Crippen LogP contribution is -2.28. The monoisotopic (exact) mass is 423 g/mol. The van der Waals surface area contributed by atoms with Crippen molar-refractivity contribution in [2.45, 2.75) is 65.3 Å². The van der Waals surface area contributed by atoms with Crippen LogP contribution in [-0.4, -0.2) is 31.3 Å². The van der Waals surface area contributed by atoms with Crippen molar-refractivity contribution in [1.82, 2.24) is 5.06 Å². The molecule has 0 radical (unpaired) electrons. The molecule has 0 bridgehead atoms. The first-order chi connectivity index (χ1) is 15.1. The third kappa shape index (κ3) is 6.65. The van der Waals surface area contributed by atoms with Gasteiger partial charge in [-0.25, -0.2) is 4.79 Å². The number of aryl methyl sites for hydroxylation is 1. The number of rotatable bonds is 10. The lowest BCUT2D eigenvalue weighted by Gasteiger charge is -2.27. The second kappa shape index (κ2) is 12.0. The van der Waals surface area contributed by atoms with Crippen molar-refractivity contribution >= 4 is 5.97 Å². The summed E-state index contributed by atoms with van der Waals surface area (Å²) in [7, 11) is 1.43. The number of benzene rings is 2. The van der Waals surface area contributed by atoms with Crippen molar-refractivity contribution < 1.29 is 14.4 Å². The summed E-state index contributed by atoms with van der Waals surface area (Å²) in [6.45, 7) is 6.73. The standard InChI is InChI=1S/C27H37NO3/c1-4-5-17-28(31-20-22-12-7-6-8-13-22)19-23-15-16-25(27(29)30-3)26(18-23)24-14-10-9-11-21(24)2/h9-11,14-16,18,22H,4-8,12-13,17,19-20H2,1-3H3. The Labute approximate surface area is 187 Å². The maximum Gasteiger partial charge on any atom is 0.338 e. The molecule has 1 aliphatic rings. The van der Waals surface area contributed by atoms with Gasteiger partial charge in [0.15, 0.2) is 0 Å². The Morgan fingerprint density at radius 3 is 2.55 bits per heavy atom. The highest BCUT2D eigenvalue weighted by Gasteiger charge is 2.18. The van der Waals surface area contributed by atoms with Crippen LogP contribution in [0.15, 0.2) is 42.5 Å². The molecule has 0 aromatic heterocycles. The second-order valence-electron chi connectivity index (χ2n) is 8.70. The number of hydrogen-bond donors (Lipinski definition) is 0. The number of ether oxygens (including phenoxy) is 1. The minimum atomic E-state index is -0.304. The smallest absolute Gasteiger partial charge is 0.338 e. The Morgan fingerprint density at radius 2 is 1.84 bits per heavy atom. The van der Waals surface area contributed by atoms with Gasteiger partial charge in [0.05, 0.1) is 19.3 Å². The molecule has 2 aromatic carbocycles. The molecular formula is C27H37NO3. The van der Waals surface area contributed by atoms with Crippen LogP contribution in [0, 0.1) is 12.8 Å². The summed E-state index contributed by atoms with van der Waals surface area (Å²) in [5, 5.41) is 2.12. The van der Waals surface area contributed by atoms with Crippen LogP contribution in [0.5, 0.6) is 0 Å². The number of hydrogen-bond acceptors (Lipinski definition) is 4. The van der Waals surface area contributed by atoms with Gasteiger partial charge in [-0.1, -0.05) is 62.9 Å². The van der Waals surface area contributed by atoms with Crippen LogP contribution in [0.25, 0.3) is 11.1 Å². The topological polar surface area (TPSA) is 38.8 Å². The highest BCUT2D eigenvalue weighted by molar-refractivity contribution is 5.97. The molecule has 0 N–H and O–H groups in total. The number of carbonyl (C=O) groups is 1. The molecule has 1 fully saturated rings. The Balaban J connectivity index is 1.81. The van der Waals surface area contributed by atoms with E-state index in [1.165, 1.54) is 39.2 Å². The van der Waals surface area contributed by atoms with E-state index in [1.54, 1.807) is 0 Å². The first-order valence-electron chi connectivity index (χ1n) is 11.8. The van der Waals surface area contributed by atoms with Gasteiger partial charge in [-0.15, -0.1) is 0 Å². The fourth-order valence-electron chi connectivity index (χ4n) is 4.37. The highest BCUT2D eigenvalue weighted by Crippen LogP contribution is 2.29. The van der Waals surface area contributed by atoms with E-state index in [9.17, 15) is 4.79 Å². The SMILES string of the molecule is CCCCN(Cc1ccc(C(=O)OC)c(-c2ccccc2C)c1)OCC1CCCCC1. The van der Waals surface area contributed by atoms with Crippen LogP contribution in [0.3, 0.4) is 0 Å². The van der Waals surface area contributed by atoms with Gasteiger partial charge >= 0.3 is 5.97 Å². The number of unbranched alkanes of at least 4 members (excludes halogenated alkanes) is 1. The molecule has 3 rings (SSSR count). The summed E-state index contributed by atoms with van der Waals surface area (Å²) in [5.41, 5.74) is 4.87. The van der Waals surface area contributed by atoms with Crippen molar-refractivity contribution in [1.29, 1.82) is 0 Å². The Bertz CT molecular complexity index is 842. The van der Waals surface area contributed by atoms with Crippen LogP contribution in [0.1, 0.15) is 73.4 Å². The van der Waals surface area contributed by atoms with Crippen molar-refractivity contribution in [3.63, 3.8) is 0 Å². The van der Waals surface area contributed by atoms with Gasteiger partial charge in [0.2, 0.25) is 0 Å².